The lowest BCUT2D eigenvalue weighted by Crippen LogP contribution is -2.35. The van der Waals surface area contributed by atoms with Crippen LogP contribution in [0.4, 0.5) is 10.7 Å². The summed E-state index contributed by atoms with van der Waals surface area (Å²) in [6.07, 6.45) is -0.276. The van der Waals surface area contributed by atoms with Crippen LogP contribution in [0.15, 0.2) is 35.2 Å². The molecule has 1 aromatic heterocycles. The average molecular weight is 419 g/mol. The molecule has 2 N–H and O–H groups in total. The Morgan fingerprint density at radius 3 is 2.38 bits per heavy atom. The molecule has 138 valence electrons. The van der Waals surface area contributed by atoms with Crippen LogP contribution >= 0.6 is 23.2 Å². The van der Waals surface area contributed by atoms with Gasteiger partial charge in [0.05, 0.1) is 18.4 Å². The van der Waals surface area contributed by atoms with E-state index >= 15 is 0 Å². The SMILES string of the molecule is COC(=O)Cc1ccccc1S(=O)(=O)NC(=O)Nc1nc(Cl)cc(Cl)n1. The number of amides is 2. The minimum atomic E-state index is -4.28. The van der Waals surface area contributed by atoms with E-state index in [1.807, 2.05) is 0 Å². The number of rotatable bonds is 5. The topological polar surface area (TPSA) is 127 Å². The maximum Gasteiger partial charge on any atom is 0.335 e. The van der Waals surface area contributed by atoms with Gasteiger partial charge in [-0.25, -0.2) is 27.9 Å². The van der Waals surface area contributed by atoms with Gasteiger partial charge in [-0.2, -0.15) is 0 Å². The summed E-state index contributed by atoms with van der Waals surface area (Å²) >= 11 is 11.4. The normalized spacial score (nSPS) is 10.9. The number of urea groups is 1. The Labute approximate surface area is 158 Å². The molecule has 26 heavy (non-hydrogen) atoms. The highest BCUT2D eigenvalue weighted by molar-refractivity contribution is 7.90. The number of hydrogen-bond donors (Lipinski definition) is 2. The molecule has 0 bridgehead atoms. The van der Waals surface area contributed by atoms with Gasteiger partial charge in [-0.3, -0.25) is 10.1 Å². The first-order valence-corrected chi connectivity index (χ1v) is 9.14. The smallest absolute Gasteiger partial charge is 0.335 e. The van der Waals surface area contributed by atoms with Gasteiger partial charge < -0.3 is 4.74 Å². The number of aromatic nitrogens is 2. The summed E-state index contributed by atoms with van der Waals surface area (Å²) in [4.78, 5) is 30.5. The molecule has 0 spiro atoms. The lowest BCUT2D eigenvalue weighted by Gasteiger charge is -2.11. The first-order chi connectivity index (χ1) is 12.2. The first kappa shape index (κ1) is 19.9. The van der Waals surface area contributed by atoms with Crippen molar-refractivity contribution in [2.24, 2.45) is 0 Å². The van der Waals surface area contributed by atoms with Crippen molar-refractivity contribution in [1.82, 2.24) is 14.7 Å². The zero-order valence-electron chi connectivity index (χ0n) is 13.2. The predicted octanol–water partition coefficient (Wildman–Crippen LogP) is 2.01. The van der Waals surface area contributed by atoms with Crippen molar-refractivity contribution in [3.63, 3.8) is 0 Å². The molecule has 1 heterocycles. The third-order valence-corrected chi connectivity index (χ3v) is 4.76. The van der Waals surface area contributed by atoms with Gasteiger partial charge in [0.1, 0.15) is 10.3 Å². The number of nitrogens with zero attached hydrogens (tertiary/aromatic N) is 2. The molecule has 1 aromatic carbocycles. The number of nitrogens with one attached hydrogen (secondary N) is 2. The summed E-state index contributed by atoms with van der Waals surface area (Å²) in [5, 5.41) is 2.04. The molecular formula is C14H12Cl2N4O5S. The average Bonchev–Trinajstić information content (AvgIpc) is 2.53. The predicted molar refractivity (Wildman–Crippen MR) is 93.6 cm³/mol. The monoisotopic (exact) mass is 418 g/mol. The summed E-state index contributed by atoms with van der Waals surface area (Å²) in [6, 6.07) is 5.80. The molecule has 0 aliphatic carbocycles. The molecule has 0 fully saturated rings. The first-order valence-electron chi connectivity index (χ1n) is 6.90. The van der Waals surface area contributed by atoms with Crippen molar-refractivity contribution in [3.05, 3.63) is 46.2 Å². The molecule has 0 aliphatic heterocycles. The number of benzene rings is 1. The fraction of sp³-hybridized carbons (Fsp3) is 0.143. The van der Waals surface area contributed by atoms with Gasteiger partial charge in [0.15, 0.2) is 0 Å². The number of esters is 1. The second kappa shape index (κ2) is 8.30. The van der Waals surface area contributed by atoms with Crippen molar-refractivity contribution in [2.75, 3.05) is 12.4 Å². The van der Waals surface area contributed by atoms with Crippen molar-refractivity contribution >= 4 is 51.2 Å². The van der Waals surface area contributed by atoms with Crippen LogP contribution in [0, 0.1) is 0 Å². The Bertz CT molecular complexity index is 932. The van der Waals surface area contributed by atoms with Crippen LogP contribution in [0.3, 0.4) is 0 Å². The second-order valence-corrected chi connectivity index (χ2v) is 7.18. The molecular weight excluding hydrogens is 407 g/mol. The highest BCUT2D eigenvalue weighted by Crippen LogP contribution is 2.17. The number of carbonyl (C=O) groups is 2. The highest BCUT2D eigenvalue weighted by atomic mass is 35.5. The zero-order valence-corrected chi connectivity index (χ0v) is 15.5. The molecule has 2 amide bonds. The number of anilines is 1. The van der Waals surface area contributed by atoms with Crippen LogP contribution in [0.2, 0.25) is 10.3 Å². The van der Waals surface area contributed by atoms with E-state index in [4.69, 9.17) is 23.2 Å². The fourth-order valence-corrected chi connectivity index (χ4v) is 3.46. The minimum Gasteiger partial charge on any atom is -0.469 e. The van der Waals surface area contributed by atoms with Crippen LogP contribution in [0.25, 0.3) is 0 Å². The standard InChI is InChI=1S/C14H12Cl2N4O5S/c1-25-12(21)6-8-4-2-3-5-9(8)26(23,24)20-14(22)19-13-17-10(15)7-11(16)18-13/h2-5,7H,6H2,1H3,(H2,17,18,19,20,22). The number of ether oxygens (including phenoxy) is 1. The summed E-state index contributed by atoms with van der Waals surface area (Å²) in [6.45, 7) is 0. The fourth-order valence-electron chi connectivity index (χ4n) is 1.89. The molecule has 12 heteroatoms. The second-order valence-electron chi connectivity index (χ2n) is 4.76. The van der Waals surface area contributed by atoms with Gasteiger partial charge >= 0.3 is 12.0 Å². The summed E-state index contributed by atoms with van der Waals surface area (Å²) in [5.41, 5.74) is 0.168. The number of halogens is 2. The van der Waals surface area contributed by atoms with Gasteiger partial charge in [-0.15, -0.1) is 0 Å². The van der Waals surface area contributed by atoms with Gasteiger partial charge in [-0.05, 0) is 11.6 Å². The molecule has 2 rings (SSSR count). The Morgan fingerprint density at radius 1 is 1.15 bits per heavy atom. The van der Waals surface area contributed by atoms with E-state index in [2.05, 4.69) is 20.0 Å². The van der Waals surface area contributed by atoms with E-state index in [1.165, 1.54) is 31.4 Å². The minimum absolute atomic E-state index is 0.0356. The highest BCUT2D eigenvalue weighted by Gasteiger charge is 2.22. The Balaban J connectivity index is 2.20. The molecule has 0 aliphatic rings. The van der Waals surface area contributed by atoms with Crippen molar-refractivity contribution in [3.8, 4) is 0 Å². The Kier molecular flexibility index (Phi) is 6.35. The van der Waals surface area contributed by atoms with E-state index < -0.39 is 22.0 Å². The van der Waals surface area contributed by atoms with E-state index in [1.54, 1.807) is 10.8 Å². The summed E-state index contributed by atoms with van der Waals surface area (Å²) < 4.78 is 31.2. The van der Waals surface area contributed by atoms with E-state index in [0.717, 1.165) is 0 Å². The quantitative estimate of drug-likeness (QED) is 0.561. The van der Waals surface area contributed by atoms with Crippen LogP contribution in [-0.2, 0) is 26.0 Å². The zero-order chi connectivity index (χ0) is 19.3. The van der Waals surface area contributed by atoms with E-state index in [-0.39, 0.29) is 33.1 Å². The molecule has 0 saturated carbocycles. The maximum absolute atomic E-state index is 12.4. The molecule has 0 saturated heterocycles. The van der Waals surface area contributed by atoms with Crippen LogP contribution in [-0.4, -0.2) is 37.5 Å². The van der Waals surface area contributed by atoms with Crippen LogP contribution in [0.5, 0.6) is 0 Å². The third-order valence-electron chi connectivity index (χ3n) is 2.94. The molecule has 9 nitrogen and oxygen atoms in total. The lowest BCUT2D eigenvalue weighted by atomic mass is 10.1. The summed E-state index contributed by atoms with van der Waals surface area (Å²) in [7, 11) is -3.09. The number of carbonyl (C=O) groups excluding carboxylic acids is 2. The van der Waals surface area contributed by atoms with Crippen LogP contribution < -0.4 is 10.0 Å². The van der Waals surface area contributed by atoms with Gasteiger partial charge in [-0.1, -0.05) is 41.4 Å². The van der Waals surface area contributed by atoms with Crippen molar-refractivity contribution < 1.29 is 22.7 Å². The summed E-state index contributed by atoms with van der Waals surface area (Å²) in [5.74, 6) is -0.905. The molecule has 0 unspecified atom stereocenters. The largest absolute Gasteiger partial charge is 0.469 e. The van der Waals surface area contributed by atoms with E-state index in [9.17, 15) is 18.0 Å². The van der Waals surface area contributed by atoms with E-state index in [0.29, 0.717) is 0 Å². The molecule has 0 radical (unpaired) electrons. The number of methoxy groups -OCH3 is 1. The third kappa shape index (κ3) is 5.28. The number of sulfonamides is 1. The Morgan fingerprint density at radius 2 is 1.77 bits per heavy atom. The Hall–Kier alpha value is -2.43. The molecule has 2 aromatic rings. The van der Waals surface area contributed by atoms with Gasteiger partial charge in [0.2, 0.25) is 5.95 Å². The molecule has 0 atom stereocenters. The lowest BCUT2D eigenvalue weighted by molar-refractivity contribution is -0.139. The van der Waals surface area contributed by atoms with Crippen molar-refractivity contribution in [1.29, 1.82) is 0 Å². The number of hydrogen-bond acceptors (Lipinski definition) is 7. The maximum atomic E-state index is 12.4. The van der Waals surface area contributed by atoms with Crippen molar-refractivity contribution in [2.45, 2.75) is 11.3 Å². The van der Waals surface area contributed by atoms with Gasteiger partial charge in [0, 0.05) is 6.07 Å². The van der Waals surface area contributed by atoms with Gasteiger partial charge in [0.25, 0.3) is 10.0 Å². The van der Waals surface area contributed by atoms with Crippen LogP contribution in [0.1, 0.15) is 5.56 Å².